The number of hydrogen-bond donors (Lipinski definition) is 1. The number of carbonyl (C=O) groups excluding carboxylic acids is 1. The Morgan fingerprint density at radius 1 is 1.53 bits per heavy atom. The van der Waals surface area contributed by atoms with Crippen molar-refractivity contribution in [2.45, 2.75) is 20.3 Å². The van der Waals surface area contributed by atoms with E-state index in [1.54, 1.807) is 19.1 Å². The lowest BCUT2D eigenvalue weighted by Crippen LogP contribution is -1.85. The van der Waals surface area contributed by atoms with Crippen LogP contribution in [0.4, 0.5) is 0 Å². The van der Waals surface area contributed by atoms with E-state index in [0.717, 1.165) is 0 Å². The standard InChI is InChI=1S/C13H13ClO2S/c1-9-7-12(14)8-11(13(9)16)5-3-4-6-17-10(2)15/h7-8,16H,4,6H2,1-2H3. The summed E-state index contributed by atoms with van der Waals surface area (Å²) in [6.07, 6.45) is 0.606. The molecule has 90 valence electrons. The van der Waals surface area contributed by atoms with Gasteiger partial charge >= 0.3 is 0 Å². The van der Waals surface area contributed by atoms with Crippen LogP contribution in [0.15, 0.2) is 12.1 Å². The highest BCUT2D eigenvalue weighted by atomic mass is 35.5. The number of hydrogen-bond acceptors (Lipinski definition) is 3. The van der Waals surface area contributed by atoms with Crippen molar-refractivity contribution in [3.63, 3.8) is 0 Å². The van der Waals surface area contributed by atoms with Crippen LogP contribution in [0.3, 0.4) is 0 Å². The summed E-state index contributed by atoms with van der Waals surface area (Å²) < 4.78 is 0. The first-order chi connectivity index (χ1) is 8.00. The van der Waals surface area contributed by atoms with E-state index in [4.69, 9.17) is 11.6 Å². The molecule has 0 fully saturated rings. The molecule has 1 rings (SSSR count). The van der Waals surface area contributed by atoms with Crippen LogP contribution in [0, 0.1) is 18.8 Å². The molecule has 4 heteroatoms. The van der Waals surface area contributed by atoms with Crippen LogP contribution in [0.5, 0.6) is 5.75 Å². The molecule has 0 aliphatic heterocycles. The van der Waals surface area contributed by atoms with Crippen molar-refractivity contribution in [1.82, 2.24) is 0 Å². The van der Waals surface area contributed by atoms with Crippen molar-refractivity contribution in [2.24, 2.45) is 0 Å². The van der Waals surface area contributed by atoms with Crippen molar-refractivity contribution in [2.75, 3.05) is 5.75 Å². The molecule has 0 aromatic heterocycles. The van der Waals surface area contributed by atoms with Gasteiger partial charge in [0.2, 0.25) is 0 Å². The van der Waals surface area contributed by atoms with Crippen LogP contribution in [0.25, 0.3) is 0 Å². The molecule has 0 saturated heterocycles. The maximum absolute atomic E-state index is 10.7. The van der Waals surface area contributed by atoms with E-state index in [0.29, 0.717) is 28.3 Å². The molecule has 0 spiro atoms. The van der Waals surface area contributed by atoms with Crippen LogP contribution in [0.2, 0.25) is 5.02 Å². The van der Waals surface area contributed by atoms with Crippen LogP contribution >= 0.6 is 23.4 Å². The molecule has 0 radical (unpaired) electrons. The Labute approximate surface area is 110 Å². The Kier molecular flexibility index (Phi) is 5.40. The lowest BCUT2D eigenvalue weighted by molar-refractivity contribution is -0.109. The van der Waals surface area contributed by atoms with Gasteiger partial charge in [0.05, 0.1) is 5.56 Å². The number of benzene rings is 1. The molecule has 1 N–H and O–H groups in total. The van der Waals surface area contributed by atoms with Crippen molar-refractivity contribution < 1.29 is 9.90 Å². The van der Waals surface area contributed by atoms with Gasteiger partial charge in [-0.3, -0.25) is 4.79 Å². The van der Waals surface area contributed by atoms with E-state index in [1.807, 2.05) is 0 Å². The third kappa shape index (κ3) is 4.72. The molecule has 1 aromatic rings. The molecular weight excluding hydrogens is 256 g/mol. The Hall–Kier alpha value is -1.11. The number of aromatic hydroxyl groups is 1. The fourth-order valence-corrected chi connectivity index (χ4v) is 2.00. The first-order valence-electron chi connectivity index (χ1n) is 5.12. The van der Waals surface area contributed by atoms with Gasteiger partial charge in [-0.25, -0.2) is 0 Å². The van der Waals surface area contributed by atoms with Gasteiger partial charge in [-0.15, -0.1) is 0 Å². The summed E-state index contributed by atoms with van der Waals surface area (Å²) in [6.45, 7) is 3.31. The Morgan fingerprint density at radius 3 is 2.88 bits per heavy atom. The fraction of sp³-hybridized carbons (Fsp3) is 0.308. The average molecular weight is 269 g/mol. The monoisotopic (exact) mass is 268 g/mol. The van der Waals surface area contributed by atoms with Gasteiger partial charge in [-0.2, -0.15) is 0 Å². The topological polar surface area (TPSA) is 37.3 Å². The van der Waals surface area contributed by atoms with Crippen molar-refractivity contribution >= 4 is 28.5 Å². The molecule has 0 aliphatic carbocycles. The van der Waals surface area contributed by atoms with Gasteiger partial charge in [0.1, 0.15) is 5.75 Å². The first kappa shape index (κ1) is 14.0. The first-order valence-corrected chi connectivity index (χ1v) is 6.48. The number of phenolic OH excluding ortho intramolecular Hbond substituents is 1. The van der Waals surface area contributed by atoms with Gasteiger partial charge in [0.15, 0.2) is 5.12 Å². The maximum atomic E-state index is 10.7. The van der Waals surface area contributed by atoms with E-state index in [1.165, 1.54) is 18.7 Å². The van der Waals surface area contributed by atoms with Crippen LogP contribution in [-0.4, -0.2) is 16.0 Å². The molecule has 2 nitrogen and oxygen atoms in total. The summed E-state index contributed by atoms with van der Waals surface area (Å²) in [5.74, 6) is 6.61. The highest BCUT2D eigenvalue weighted by Gasteiger charge is 2.03. The van der Waals surface area contributed by atoms with Crippen LogP contribution in [-0.2, 0) is 4.79 Å². The van der Waals surface area contributed by atoms with E-state index in [9.17, 15) is 9.90 Å². The summed E-state index contributed by atoms with van der Waals surface area (Å²) in [5.41, 5.74) is 1.24. The highest BCUT2D eigenvalue weighted by Crippen LogP contribution is 2.25. The molecule has 0 heterocycles. The van der Waals surface area contributed by atoms with E-state index in [-0.39, 0.29) is 10.9 Å². The predicted octanol–water partition coefficient (Wildman–Crippen LogP) is 3.38. The third-order valence-corrected chi connectivity index (χ3v) is 3.05. The number of phenols is 1. The molecule has 0 bridgehead atoms. The van der Waals surface area contributed by atoms with Crippen molar-refractivity contribution in [3.05, 3.63) is 28.3 Å². The fourth-order valence-electron chi connectivity index (χ4n) is 1.23. The Bertz CT molecular complexity index is 486. The average Bonchev–Trinajstić information content (AvgIpc) is 2.23. The lowest BCUT2D eigenvalue weighted by atomic mass is 10.1. The number of rotatable bonds is 2. The number of aryl methyl sites for hydroxylation is 1. The maximum Gasteiger partial charge on any atom is 0.185 e. The zero-order valence-corrected chi connectivity index (χ0v) is 11.3. The van der Waals surface area contributed by atoms with Crippen molar-refractivity contribution in [3.8, 4) is 17.6 Å². The highest BCUT2D eigenvalue weighted by molar-refractivity contribution is 8.13. The smallest absolute Gasteiger partial charge is 0.185 e. The number of carbonyl (C=O) groups is 1. The van der Waals surface area contributed by atoms with Gasteiger partial charge in [0.25, 0.3) is 0 Å². The summed E-state index contributed by atoms with van der Waals surface area (Å²) in [6, 6.07) is 3.32. The number of thioether (sulfide) groups is 1. The molecule has 0 aliphatic rings. The van der Waals surface area contributed by atoms with E-state index < -0.39 is 0 Å². The Balaban J connectivity index is 2.68. The van der Waals surface area contributed by atoms with Crippen LogP contribution < -0.4 is 0 Å². The molecule has 0 saturated carbocycles. The Morgan fingerprint density at radius 2 is 2.24 bits per heavy atom. The second-order valence-electron chi connectivity index (χ2n) is 3.51. The minimum absolute atomic E-state index is 0.0910. The van der Waals surface area contributed by atoms with Crippen molar-refractivity contribution in [1.29, 1.82) is 0 Å². The lowest BCUT2D eigenvalue weighted by Gasteiger charge is -2.01. The second-order valence-corrected chi connectivity index (χ2v) is 5.22. The van der Waals surface area contributed by atoms with Gasteiger partial charge < -0.3 is 5.11 Å². The molecule has 1 aromatic carbocycles. The summed E-state index contributed by atoms with van der Waals surface area (Å²) in [5, 5.41) is 10.4. The summed E-state index contributed by atoms with van der Waals surface area (Å²) in [4.78, 5) is 10.7. The molecule has 17 heavy (non-hydrogen) atoms. The van der Waals surface area contributed by atoms with Gasteiger partial charge in [-0.05, 0) is 24.6 Å². The van der Waals surface area contributed by atoms with E-state index >= 15 is 0 Å². The molecular formula is C13H13ClO2S. The minimum Gasteiger partial charge on any atom is -0.506 e. The summed E-state index contributed by atoms with van der Waals surface area (Å²) >= 11 is 7.12. The van der Waals surface area contributed by atoms with Gasteiger partial charge in [0, 0.05) is 24.1 Å². The molecule has 0 unspecified atom stereocenters. The zero-order chi connectivity index (χ0) is 12.8. The molecule has 0 amide bonds. The van der Waals surface area contributed by atoms with Gasteiger partial charge in [-0.1, -0.05) is 35.2 Å². The second kappa shape index (κ2) is 6.58. The van der Waals surface area contributed by atoms with E-state index in [2.05, 4.69) is 11.8 Å². The normalized spacial score (nSPS) is 9.59. The predicted molar refractivity (Wildman–Crippen MR) is 72.5 cm³/mol. The third-order valence-electron chi connectivity index (χ3n) is 2.02. The minimum atomic E-state index is 0.0910. The quantitative estimate of drug-likeness (QED) is 0.660. The SMILES string of the molecule is CC(=O)SCCC#Cc1cc(Cl)cc(C)c1O. The largest absolute Gasteiger partial charge is 0.506 e. The summed E-state index contributed by atoms with van der Waals surface area (Å²) in [7, 11) is 0. The number of halogens is 1. The molecule has 0 atom stereocenters. The van der Waals surface area contributed by atoms with Crippen LogP contribution in [0.1, 0.15) is 24.5 Å². The zero-order valence-electron chi connectivity index (χ0n) is 9.71.